The summed E-state index contributed by atoms with van der Waals surface area (Å²) >= 11 is 0. The van der Waals surface area contributed by atoms with Gasteiger partial charge >= 0.3 is 0 Å². The molecule has 0 amide bonds. The third-order valence-corrected chi connectivity index (χ3v) is 3.49. The van der Waals surface area contributed by atoms with Gasteiger partial charge in [0.15, 0.2) is 0 Å². The molecule has 5 nitrogen and oxygen atoms in total. The van der Waals surface area contributed by atoms with E-state index in [0.717, 1.165) is 18.6 Å². The van der Waals surface area contributed by atoms with Crippen molar-refractivity contribution in [1.29, 1.82) is 5.26 Å². The molecule has 1 aromatic heterocycles. The van der Waals surface area contributed by atoms with Crippen molar-refractivity contribution in [3.63, 3.8) is 0 Å². The topological polar surface area (TPSA) is 70.9 Å². The van der Waals surface area contributed by atoms with Crippen LogP contribution in [0.15, 0.2) is 18.2 Å². The number of benzene rings is 1. The summed E-state index contributed by atoms with van der Waals surface area (Å²) < 4.78 is 1.97. The van der Waals surface area contributed by atoms with Gasteiger partial charge in [-0.1, -0.05) is 6.07 Å². The number of nitrogen functional groups attached to an aromatic ring is 1. The highest BCUT2D eigenvalue weighted by atomic mass is 15.2. The fourth-order valence-corrected chi connectivity index (χ4v) is 2.01. The Balaban J connectivity index is 2.34. The molecule has 0 saturated carbocycles. The largest absolute Gasteiger partial charge is 0.369 e. The van der Waals surface area contributed by atoms with E-state index >= 15 is 0 Å². The summed E-state index contributed by atoms with van der Waals surface area (Å²) in [6.07, 6.45) is 0. The van der Waals surface area contributed by atoms with E-state index in [-0.39, 0.29) is 0 Å². The van der Waals surface area contributed by atoms with E-state index < -0.39 is 0 Å². The Labute approximate surface area is 113 Å². The first-order valence-corrected chi connectivity index (χ1v) is 6.39. The average molecular weight is 257 g/mol. The zero-order valence-electron chi connectivity index (χ0n) is 11.6. The molecule has 1 aromatic carbocycles. The summed E-state index contributed by atoms with van der Waals surface area (Å²) in [5.74, 6) is 0.467. The van der Waals surface area contributed by atoms with Crippen molar-refractivity contribution < 1.29 is 0 Å². The minimum Gasteiger partial charge on any atom is -0.369 e. The predicted molar refractivity (Wildman–Crippen MR) is 76.6 cm³/mol. The van der Waals surface area contributed by atoms with Crippen LogP contribution in [-0.4, -0.2) is 34.1 Å². The molecular formula is C14H19N5. The summed E-state index contributed by atoms with van der Waals surface area (Å²) in [4.78, 5) is 6.56. The van der Waals surface area contributed by atoms with Gasteiger partial charge in [0.1, 0.15) is 11.6 Å². The fraction of sp³-hybridized carbons (Fsp3) is 0.429. The number of hydrogen-bond acceptors (Lipinski definition) is 4. The number of nitrogens with zero attached hydrogens (tertiary/aromatic N) is 4. The summed E-state index contributed by atoms with van der Waals surface area (Å²) in [5, 5.41) is 9.08. The number of rotatable bonds is 4. The van der Waals surface area contributed by atoms with Crippen LogP contribution in [0.5, 0.6) is 0 Å². The quantitative estimate of drug-likeness (QED) is 0.907. The number of imidazole rings is 1. The van der Waals surface area contributed by atoms with Crippen LogP contribution in [0.1, 0.15) is 19.4 Å². The summed E-state index contributed by atoms with van der Waals surface area (Å²) in [6.45, 7) is 5.97. The van der Waals surface area contributed by atoms with Crippen LogP contribution < -0.4 is 5.73 Å². The van der Waals surface area contributed by atoms with Crippen LogP contribution in [-0.2, 0) is 6.54 Å². The van der Waals surface area contributed by atoms with Crippen molar-refractivity contribution in [3.8, 4) is 6.07 Å². The minimum absolute atomic E-state index is 0.467. The predicted octanol–water partition coefficient (Wildman–Crippen LogP) is 1.83. The molecule has 0 bridgehead atoms. The zero-order chi connectivity index (χ0) is 14.0. The summed E-state index contributed by atoms with van der Waals surface area (Å²) in [5.41, 5.74) is 8.15. The maximum atomic E-state index is 9.08. The highest BCUT2D eigenvalue weighted by Crippen LogP contribution is 2.21. The number of likely N-dealkylation sites (N-methyl/N-ethyl adjacent to an activating group) is 1. The molecule has 0 atom stereocenters. The first kappa shape index (κ1) is 13.4. The third-order valence-electron chi connectivity index (χ3n) is 3.49. The molecule has 0 spiro atoms. The Hall–Kier alpha value is -2.06. The van der Waals surface area contributed by atoms with Crippen LogP contribution in [0.4, 0.5) is 5.95 Å². The third kappa shape index (κ3) is 2.54. The van der Waals surface area contributed by atoms with Crippen LogP contribution in [0.2, 0.25) is 0 Å². The van der Waals surface area contributed by atoms with Gasteiger partial charge in [0.25, 0.3) is 0 Å². The summed E-state index contributed by atoms with van der Waals surface area (Å²) in [7, 11) is 2.08. The van der Waals surface area contributed by atoms with E-state index in [0.29, 0.717) is 23.1 Å². The van der Waals surface area contributed by atoms with Crippen molar-refractivity contribution in [2.45, 2.75) is 26.4 Å². The zero-order valence-corrected chi connectivity index (χ0v) is 11.6. The average Bonchev–Trinajstić information content (AvgIpc) is 2.71. The Morgan fingerprint density at radius 2 is 2.21 bits per heavy atom. The second-order valence-electron chi connectivity index (χ2n) is 4.98. The molecule has 0 saturated heterocycles. The normalized spacial score (nSPS) is 11.4. The van der Waals surface area contributed by atoms with Gasteiger partial charge in [0.2, 0.25) is 5.95 Å². The fourth-order valence-electron chi connectivity index (χ4n) is 2.01. The van der Waals surface area contributed by atoms with E-state index in [2.05, 4.69) is 36.8 Å². The maximum absolute atomic E-state index is 9.08. The van der Waals surface area contributed by atoms with Gasteiger partial charge in [0, 0.05) is 19.1 Å². The van der Waals surface area contributed by atoms with Gasteiger partial charge in [-0.25, -0.2) is 4.98 Å². The molecule has 2 rings (SSSR count). The lowest BCUT2D eigenvalue weighted by Gasteiger charge is -2.21. The molecule has 1 heterocycles. The van der Waals surface area contributed by atoms with Crippen LogP contribution in [0, 0.1) is 11.3 Å². The van der Waals surface area contributed by atoms with E-state index in [9.17, 15) is 0 Å². The number of para-hydroxylation sites is 1. The van der Waals surface area contributed by atoms with Gasteiger partial charge in [-0.3, -0.25) is 0 Å². The van der Waals surface area contributed by atoms with E-state index in [1.54, 1.807) is 6.07 Å². The lowest BCUT2D eigenvalue weighted by atomic mass is 10.2. The molecule has 0 aliphatic rings. The standard InChI is InChI=1S/C14H19N5/c1-10(2)18(3)7-8-19-12-6-4-5-11(9-15)13(12)17-14(19)16/h4-6,10H,7-8H2,1-3H3,(H2,16,17). The first-order valence-electron chi connectivity index (χ1n) is 6.39. The number of nitriles is 1. The van der Waals surface area contributed by atoms with Crippen LogP contribution in [0.3, 0.4) is 0 Å². The monoisotopic (exact) mass is 257 g/mol. The summed E-state index contributed by atoms with van der Waals surface area (Å²) in [6, 6.07) is 8.23. The van der Waals surface area contributed by atoms with Gasteiger partial charge in [-0.05, 0) is 33.0 Å². The first-order chi connectivity index (χ1) is 9.04. The van der Waals surface area contributed by atoms with Gasteiger partial charge < -0.3 is 15.2 Å². The smallest absolute Gasteiger partial charge is 0.201 e. The van der Waals surface area contributed by atoms with Gasteiger partial charge in [0.05, 0.1) is 11.1 Å². The molecule has 0 unspecified atom stereocenters. The minimum atomic E-state index is 0.467. The molecule has 0 aliphatic carbocycles. The Morgan fingerprint density at radius 3 is 2.84 bits per heavy atom. The van der Waals surface area contributed by atoms with Crippen molar-refractivity contribution in [2.75, 3.05) is 19.3 Å². The van der Waals surface area contributed by atoms with Crippen molar-refractivity contribution in [1.82, 2.24) is 14.5 Å². The molecule has 0 radical (unpaired) electrons. The number of hydrogen-bond donors (Lipinski definition) is 1. The highest BCUT2D eigenvalue weighted by Gasteiger charge is 2.12. The Kier molecular flexibility index (Phi) is 3.72. The second kappa shape index (κ2) is 5.29. The molecule has 2 N–H and O–H groups in total. The lowest BCUT2D eigenvalue weighted by molar-refractivity contribution is 0.264. The van der Waals surface area contributed by atoms with Crippen molar-refractivity contribution >= 4 is 17.0 Å². The van der Waals surface area contributed by atoms with Crippen LogP contribution in [0.25, 0.3) is 11.0 Å². The van der Waals surface area contributed by atoms with Crippen molar-refractivity contribution in [3.05, 3.63) is 23.8 Å². The molecule has 100 valence electrons. The Bertz CT molecular complexity index is 621. The maximum Gasteiger partial charge on any atom is 0.201 e. The Morgan fingerprint density at radius 1 is 1.47 bits per heavy atom. The highest BCUT2D eigenvalue weighted by molar-refractivity contribution is 5.83. The van der Waals surface area contributed by atoms with E-state index in [1.165, 1.54) is 0 Å². The van der Waals surface area contributed by atoms with E-state index in [1.807, 2.05) is 16.7 Å². The van der Waals surface area contributed by atoms with Crippen molar-refractivity contribution in [2.24, 2.45) is 0 Å². The van der Waals surface area contributed by atoms with Crippen LogP contribution >= 0.6 is 0 Å². The molecule has 2 aromatic rings. The number of nitrogens with two attached hydrogens (primary N) is 1. The number of anilines is 1. The number of fused-ring (bicyclic) bond motifs is 1. The van der Waals surface area contributed by atoms with Gasteiger partial charge in [-0.2, -0.15) is 5.26 Å². The van der Waals surface area contributed by atoms with E-state index in [4.69, 9.17) is 11.0 Å². The lowest BCUT2D eigenvalue weighted by Crippen LogP contribution is -2.29. The van der Waals surface area contributed by atoms with Gasteiger partial charge in [-0.15, -0.1) is 0 Å². The molecule has 5 heteroatoms. The molecule has 19 heavy (non-hydrogen) atoms. The SMILES string of the molecule is CC(C)N(C)CCn1c(N)nc2c(C#N)cccc21. The molecule has 0 aliphatic heterocycles. The second-order valence-corrected chi connectivity index (χ2v) is 4.98. The number of aromatic nitrogens is 2. The molecular weight excluding hydrogens is 238 g/mol. The molecule has 0 fully saturated rings.